The molecule has 1 unspecified atom stereocenters. The fourth-order valence-electron chi connectivity index (χ4n) is 1.28. The zero-order chi connectivity index (χ0) is 9.68. The fraction of sp³-hybridized carbons (Fsp3) is 0.500. The summed E-state index contributed by atoms with van der Waals surface area (Å²) in [5.74, 6) is 0. The minimum absolute atomic E-state index is 0.306. The van der Waals surface area contributed by atoms with Crippen molar-refractivity contribution < 1.29 is 5.11 Å². The van der Waals surface area contributed by atoms with E-state index in [0.29, 0.717) is 13.0 Å². The maximum absolute atomic E-state index is 9.60. The summed E-state index contributed by atoms with van der Waals surface area (Å²) in [7, 11) is 3.90. The van der Waals surface area contributed by atoms with Crippen LogP contribution in [0, 0.1) is 0 Å². The molecule has 0 aliphatic rings. The molecule has 1 rings (SSSR count). The van der Waals surface area contributed by atoms with Gasteiger partial charge in [0, 0.05) is 25.4 Å². The molecule has 0 saturated heterocycles. The topological polar surface area (TPSA) is 36.4 Å². The van der Waals surface area contributed by atoms with Crippen LogP contribution in [0.25, 0.3) is 0 Å². The lowest BCUT2D eigenvalue weighted by atomic mass is 10.1. The van der Waals surface area contributed by atoms with Crippen molar-refractivity contribution in [1.82, 2.24) is 9.88 Å². The average Bonchev–Trinajstić information content (AvgIpc) is 2.04. The molecule has 3 heteroatoms. The molecule has 1 atom stereocenters. The second-order valence-corrected chi connectivity index (χ2v) is 3.48. The Labute approximate surface area is 79.0 Å². The van der Waals surface area contributed by atoms with Gasteiger partial charge in [-0.3, -0.25) is 4.98 Å². The van der Waals surface area contributed by atoms with Crippen LogP contribution >= 0.6 is 0 Å². The van der Waals surface area contributed by atoms with Gasteiger partial charge in [-0.15, -0.1) is 0 Å². The SMILES string of the molecule is CN(C)CC(O)Cc1cccnc1. The van der Waals surface area contributed by atoms with Gasteiger partial charge in [0.2, 0.25) is 0 Å². The highest BCUT2D eigenvalue weighted by Crippen LogP contribution is 2.01. The van der Waals surface area contributed by atoms with Gasteiger partial charge in [-0.1, -0.05) is 6.07 Å². The van der Waals surface area contributed by atoms with Crippen LogP contribution in [0.5, 0.6) is 0 Å². The van der Waals surface area contributed by atoms with E-state index in [9.17, 15) is 5.11 Å². The van der Waals surface area contributed by atoms with Crippen molar-refractivity contribution in [2.45, 2.75) is 12.5 Å². The van der Waals surface area contributed by atoms with Crippen LogP contribution in [0.4, 0.5) is 0 Å². The highest BCUT2D eigenvalue weighted by molar-refractivity contribution is 5.09. The molecule has 1 aromatic heterocycles. The number of hydrogen-bond donors (Lipinski definition) is 1. The molecular weight excluding hydrogens is 164 g/mol. The summed E-state index contributed by atoms with van der Waals surface area (Å²) in [6.07, 6.45) is 3.89. The molecule has 1 heterocycles. The van der Waals surface area contributed by atoms with Crippen molar-refractivity contribution in [3.8, 4) is 0 Å². The molecule has 0 bridgehead atoms. The quantitative estimate of drug-likeness (QED) is 0.735. The molecule has 0 aliphatic carbocycles. The first-order valence-electron chi connectivity index (χ1n) is 4.40. The van der Waals surface area contributed by atoms with Crippen LogP contribution in [0.1, 0.15) is 5.56 Å². The highest BCUT2D eigenvalue weighted by atomic mass is 16.3. The first kappa shape index (κ1) is 10.2. The van der Waals surface area contributed by atoms with Gasteiger partial charge in [0.15, 0.2) is 0 Å². The van der Waals surface area contributed by atoms with Gasteiger partial charge in [0.05, 0.1) is 6.10 Å². The molecular formula is C10H16N2O. The van der Waals surface area contributed by atoms with E-state index < -0.39 is 0 Å². The maximum atomic E-state index is 9.60. The Morgan fingerprint density at radius 1 is 1.54 bits per heavy atom. The predicted molar refractivity (Wildman–Crippen MR) is 52.5 cm³/mol. The largest absolute Gasteiger partial charge is 0.391 e. The Balaban J connectivity index is 2.41. The molecule has 0 amide bonds. The Hall–Kier alpha value is -0.930. The number of likely N-dealkylation sites (N-methyl/N-ethyl adjacent to an activating group) is 1. The number of pyridine rings is 1. The number of aromatic nitrogens is 1. The third kappa shape index (κ3) is 4.01. The lowest BCUT2D eigenvalue weighted by Gasteiger charge is -2.15. The van der Waals surface area contributed by atoms with E-state index in [-0.39, 0.29) is 6.10 Å². The lowest BCUT2D eigenvalue weighted by Crippen LogP contribution is -2.27. The zero-order valence-corrected chi connectivity index (χ0v) is 8.14. The van der Waals surface area contributed by atoms with Crippen LogP contribution < -0.4 is 0 Å². The van der Waals surface area contributed by atoms with Crippen LogP contribution in [-0.4, -0.2) is 41.7 Å². The summed E-state index contributed by atoms with van der Waals surface area (Å²) >= 11 is 0. The first-order chi connectivity index (χ1) is 6.18. The van der Waals surface area contributed by atoms with E-state index in [2.05, 4.69) is 4.98 Å². The van der Waals surface area contributed by atoms with Gasteiger partial charge < -0.3 is 10.0 Å². The molecule has 3 nitrogen and oxygen atoms in total. The van der Waals surface area contributed by atoms with E-state index in [0.717, 1.165) is 5.56 Å². The lowest BCUT2D eigenvalue weighted by molar-refractivity contribution is 0.137. The van der Waals surface area contributed by atoms with Crippen LogP contribution in [0.15, 0.2) is 24.5 Å². The second kappa shape index (κ2) is 4.94. The number of hydrogen-bond acceptors (Lipinski definition) is 3. The van der Waals surface area contributed by atoms with E-state index >= 15 is 0 Å². The summed E-state index contributed by atoms with van der Waals surface area (Å²) in [5.41, 5.74) is 1.08. The zero-order valence-electron chi connectivity index (χ0n) is 8.14. The molecule has 13 heavy (non-hydrogen) atoms. The summed E-state index contributed by atoms with van der Waals surface area (Å²) in [4.78, 5) is 5.97. The summed E-state index contributed by atoms with van der Waals surface area (Å²) in [6, 6.07) is 3.86. The Bertz CT molecular complexity index is 236. The van der Waals surface area contributed by atoms with Crippen molar-refractivity contribution in [3.05, 3.63) is 30.1 Å². The minimum atomic E-state index is -0.306. The van der Waals surface area contributed by atoms with Crippen LogP contribution in [-0.2, 0) is 6.42 Å². The molecule has 0 spiro atoms. The van der Waals surface area contributed by atoms with Crippen LogP contribution in [0.3, 0.4) is 0 Å². The van der Waals surface area contributed by atoms with Crippen molar-refractivity contribution in [1.29, 1.82) is 0 Å². The summed E-state index contributed by atoms with van der Waals surface area (Å²) in [6.45, 7) is 0.689. The Kier molecular flexibility index (Phi) is 3.86. The molecule has 72 valence electrons. The van der Waals surface area contributed by atoms with E-state index in [1.165, 1.54) is 0 Å². The van der Waals surface area contributed by atoms with Crippen molar-refractivity contribution in [3.63, 3.8) is 0 Å². The molecule has 0 radical (unpaired) electrons. The average molecular weight is 180 g/mol. The monoisotopic (exact) mass is 180 g/mol. The smallest absolute Gasteiger partial charge is 0.0707 e. The summed E-state index contributed by atoms with van der Waals surface area (Å²) < 4.78 is 0. The van der Waals surface area contributed by atoms with Crippen molar-refractivity contribution in [2.75, 3.05) is 20.6 Å². The van der Waals surface area contributed by atoms with Gasteiger partial charge in [-0.25, -0.2) is 0 Å². The van der Waals surface area contributed by atoms with E-state index in [1.807, 2.05) is 31.1 Å². The third-order valence-corrected chi connectivity index (χ3v) is 1.77. The number of nitrogens with zero attached hydrogens (tertiary/aromatic N) is 2. The number of aliphatic hydroxyl groups is 1. The molecule has 0 saturated carbocycles. The van der Waals surface area contributed by atoms with E-state index in [1.54, 1.807) is 12.4 Å². The highest BCUT2D eigenvalue weighted by Gasteiger charge is 2.05. The fourth-order valence-corrected chi connectivity index (χ4v) is 1.28. The predicted octanol–water partition coefficient (Wildman–Crippen LogP) is 0.547. The number of rotatable bonds is 4. The summed E-state index contributed by atoms with van der Waals surface area (Å²) in [5, 5.41) is 9.60. The van der Waals surface area contributed by atoms with Gasteiger partial charge in [-0.05, 0) is 25.7 Å². The molecule has 0 aromatic carbocycles. The Morgan fingerprint density at radius 3 is 2.85 bits per heavy atom. The molecule has 1 N–H and O–H groups in total. The van der Waals surface area contributed by atoms with Gasteiger partial charge in [0.25, 0.3) is 0 Å². The van der Waals surface area contributed by atoms with Crippen LogP contribution in [0.2, 0.25) is 0 Å². The van der Waals surface area contributed by atoms with Crippen molar-refractivity contribution >= 4 is 0 Å². The van der Waals surface area contributed by atoms with Gasteiger partial charge in [0.1, 0.15) is 0 Å². The third-order valence-electron chi connectivity index (χ3n) is 1.77. The van der Waals surface area contributed by atoms with Gasteiger partial charge >= 0.3 is 0 Å². The number of aliphatic hydroxyl groups excluding tert-OH is 1. The standard InChI is InChI=1S/C10H16N2O/c1-12(2)8-10(13)6-9-4-3-5-11-7-9/h3-5,7,10,13H,6,8H2,1-2H3. The molecule has 0 fully saturated rings. The molecule has 0 aliphatic heterocycles. The Morgan fingerprint density at radius 2 is 2.31 bits per heavy atom. The normalized spacial score (nSPS) is 13.2. The van der Waals surface area contributed by atoms with E-state index in [4.69, 9.17) is 0 Å². The maximum Gasteiger partial charge on any atom is 0.0707 e. The van der Waals surface area contributed by atoms with Gasteiger partial charge in [-0.2, -0.15) is 0 Å². The second-order valence-electron chi connectivity index (χ2n) is 3.48. The first-order valence-corrected chi connectivity index (χ1v) is 4.40. The van der Waals surface area contributed by atoms with Crippen molar-refractivity contribution in [2.24, 2.45) is 0 Å². The minimum Gasteiger partial charge on any atom is -0.391 e. The molecule has 1 aromatic rings.